The first-order valence-corrected chi connectivity index (χ1v) is 7.76. The fraction of sp³-hybridized carbons (Fsp3) is 0.267. The van der Waals surface area contributed by atoms with Gasteiger partial charge in [-0.3, -0.25) is 14.6 Å². The van der Waals surface area contributed by atoms with Crippen LogP contribution in [-0.2, 0) is 13.6 Å². The van der Waals surface area contributed by atoms with E-state index in [-0.39, 0.29) is 5.91 Å². The zero-order valence-corrected chi connectivity index (χ0v) is 13.5. The number of hydrogen-bond acceptors (Lipinski definition) is 4. The van der Waals surface area contributed by atoms with Crippen molar-refractivity contribution in [3.05, 3.63) is 46.7 Å². The van der Waals surface area contributed by atoms with Crippen molar-refractivity contribution in [3.63, 3.8) is 0 Å². The molecule has 0 fully saturated rings. The zero-order chi connectivity index (χ0) is 15.7. The number of rotatable bonds is 4. The number of aryl methyl sites for hydroxylation is 2. The van der Waals surface area contributed by atoms with Crippen molar-refractivity contribution in [1.29, 1.82) is 0 Å². The van der Waals surface area contributed by atoms with Gasteiger partial charge in [0, 0.05) is 32.4 Å². The van der Waals surface area contributed by atoms with E-state index in [1.54, 1.807) is 34.0 Å². The summed E-state index contributed by atoms with van der Waals surface area (Å²) < 4.78 is 1.76. The van der Waals surface area contributed by atoms with Crippen molar-refractivity contribution < 1.29 is 4.79 Å². The van der Waals surface area contributed by atoms with Crippen molar-refractivity contribution >= 4 is 17.2 Å². The summed E-state index contributed by atoms with van der Waals surface area (Å²) in [6.07, 6.45) is 1.93. The fourth-order valence-electron chi connectivity index (χ4n) is 2.32. The summed E-state index contributed by atoms with van der Waals surface area (Å²) in [4.78, 5) is 15.2. The molecule has 0 atom stereocenters. The molecule has 0 aliphatic heterocycles. The van der Waals surface area contributed by atoms with Crippen molar-refractivity contribution in [2.75, 3.05) is 7.05 Å². The number of nitrogens with zero attached hydrogens (tertiary/aromatic N) is 4. The zero-order valence-electron chi connectivity index (χ0n) is 12.7. The highest BCUT2D eigenvalue weighted by atomic mass is 32.1. The Bertz CT molecular complexity index is 787. The van der Waals surface area contributed by atoms with Gasteiger partial charge in [-0.15, -0.1) is 11.3 Å². The van der Waals surface area contributed by atoms with E-state index in [9.17, 15) is 4.79 Å². The summed E-state index contributed by atoms with van der Waals surface area (Å²) in [6.45, 7) is 2.46. The van der Waals surface area contributed by atoms with Crippen LogP contribution in [0.3, 0.4) is 0 Å². The normalized spacial score (nSPS) is 10.9. The van der Waals surface area contributed by atoms with Crippen LogP contribution in [0.5, 0.6) is 0 Å². The van der Waals surface area contributed by atoms with Gasteiger partial charge in [0.1, 0.15) is 0 Å². The van der Waals surface area contributed by atoms with Crippen LogP contribution in [0.1, 0.15) is 21.7 Å². The Hall–Kier alpha value is -2.41. The quantitative estimate of drug-likeness (QED) is 0.804. The summed E-state index contributed by atoms with van der Waals surface area (Å²) in [5, 5.41) is 13.3. The summed E-state index contributed by atoms with van der Waals surface area (Å²) >= 11 is 1.61. The van der Waals surface area contributed by atoms with Crippen molar-refractivity contribution in [1.82, 2.24) is 24.9 Å². The number of carbonyl (C=O) groups is 1. The number of aromatic nitrogens is 4. The maximum Gasteiger partial charge on any atom is 0.274 e. The molecule has 0 spiro atoms. The van der Waals surface area contributed by atoms with Crippen molar-refractivity contribution in [2.45, 2.75) is 13.5 Å². The average Bonchev–Trinajstić information content (AvgIpc) is 3.19. The Morgan fingerprint density at radius 2 is 2.32 bits per heavy atom. The van der Waals surface area contributed by atoms with E-state index in [4.69, 9.17) is 0 Å². The van der Waals surface area contributed by atoms with Gasteiger partial charge in [-0.2, -0.15) is 10.2 Å². The minimum Gasteiger partial charge on any atom is -0.336 e. The Kier molecular flexibility index (Phi) is 3.81. The fourth-order valence-corrected chi connectivity index (χ4v) is 3.01. The average molecular weight is 315 g/mol. The molecule has 114 valence electrons. The van der Waals surface area contributed by atoms with Gasteiger partial charge in [0.05, 0.1) is 16.3 Å². The first-order valence-electron chi connectivity index (χ1n) is 6.88. The van der Waals surface area contributed by atoms with E-state index in [0.29, 0.717) is 12.2 Å². The molecule has 0 saturated heterocycles. The van der Waals surface area contributed by atoms with Crippen molar-refractivity contribution in [3.8, 4) is 10.6 Å². The van der Waals surface area contributed by atoms with E-state index in [1.165, 1.54) is 0 Å². The second-order valence-electron chi connectivity index (χ2n) is 5.22. The van der Waals surface area contributed by atoms with Gasteiger partial charge in [-0.05, 0) is 24.4 Å². The molecule has 3 rings (SSSR count). The summed E-state index contributed by atoms with van der Waals surface area (Å²) in [6, 6.07) is 5.76. The molecule has 1 N–H and O–H groups in total. The highest BCUT2D eigenvalue weighted by Crippen LogP contribution is 2.23. The summed E-state index contributed by atoms with van der Waals surface area (Å²) in [7, 11) is 3.65. The van der Waals surface area contributed by atoms with E-state index < -0.39 is 0 Å². The second kappa shape index (κ2) is 5.76. The van der Waals surface area contributed by atoms with Crippen LogP contribution in [0, 0.1) is 6.92 Å². The van der Waals surface area contributed by atoms with Crippen LogP contribution in [0.15, 0.2) is 29.8 Å². The number of H-pyrrole nitrogens is 1. The molecule has 0 aromatic carbocycles. The molecule has 1 amide bonds. The number of nitrogens with one attached hydrogen (secondary N) is 1. The number of carbonyl (C=O) groups excluding carboxylic acids is 1. The number of amides is 1. The standard InChI is InChI=1S/C15H17N5OS/c1-10-11(9-20(3)18-10)8-19(2)15(21)13-7-12(16-17-13)14-5-4-6-22-14/h4-7,9H,8H2,1-3H3,(H,16,17). The first-order chi connectivity index (χ1) is 10.5. The third kappa shape index (κ3) is 2.80. The first kappa shape index (κ1) is 14.5. The van der Waals surface area contributed by atoms with Gasteiger partial charge in [-0.25, -0.2) is 0 Å². The minimum absolute atomic E-state index is 0.109. The number of aromatic amines is 1. The van der Waals surface area contributed by atoms with Crippen molar-refractivity contribution in [2.24, 2.45) is 7.05 Å². The molecule has 0 radical (unpaired) electrons. The highest BCUT2D eigenvalue weighted by molar-refractivity contribution is 7.13. The molecular formula is C15H17N5OS. The van der Waals surface area contributed by atoms with Crippen LogP contribution in [0.2, 0.25) is 0 Å². The lowest BCUT2D eigenvalue weighted by Gasteiger charge is -2.15. The molecule has 0 aliphatic rings. The molecular weight excluding hydrogens is 298 g/mol. The maximum absolute atomic E-state index is 12.5. The molecule has 3 aromatic heterocycles. The smallest absolute Gasteiger partial charge is 0.274 e. The Labute approximate surface area is 132 Å². The number of hydrogen-bond donors (Lipinski definition) is 1. The van der Waals surface area contributed by atoms with Crippen LogP contribution in [-0.4, -0.2) is 37.8 Å². The van der Waals surface area contributed by atoms with Crippen LogP contribution < -0.4 is 0 Å². The lowest BCUT2D eigenvalue weighted by atomic mass is 10.2. The molecule has 0 aliphatic carbocycles. The van der Waals surface area contributed by atoms with E-state index >= 15 is 0 Å². The third-order valence-electron chi connectivity index (χ3n) is 3.45. The SMILES string of the molecule is Cc1nn(C)cc1CN(C)C(=O)c1cc(-c2cccs2)[nH]n1. The lowest BCUT2D eigenvalue weighted by Crippen LogP contribution is -2.26. The molecule has 0 saturated carbocycles. The van der Waals surface area contributed by atoms with Gasteiger partial charge in [0.25, 0.3) is 5.91 Å². The van der Waals surface area contributed by atoms with Gasteiger partial charge in [0.2, 0.25) is 0 Å². The van der Waals surface area contributed by atoms with Crippen LogP contribution in [0.25, 0.3) is 10.6 Å². The second-order valence-corrected chi connectivity index (χ2v) is 6.17. The van der Waals surface area contributed by atoms with Gasteiger partial charge in [0.15, 0.2) is 5.69 Å². The number of thiophene rings is 1. The summed E-state index contributed by atoms with van der Waals surface area (Å²) in [5.74, 6) is -0.109. The van der Waals surface area contributed by atoms with Gasteiger partial charge >= 0.3 is 0 Å². The van der Waals surface area contributed by atoms with Crippen LogP contribution in [0.4, 0.5) is 0 Å². The lowest BCUT2D eigenvalue weighted by molar-refractivity contribution is 0.0779. The van der Waals surface area contributed by atoms with Gasteiger partial charge in [-0.1, -0.05) is 6.07 Å². The molecule has 6 nitrogen and oxygen atoms in total. The molecule has 7 heteroatoms. The van der Waals surface area contributed by atoms with Gasteiger partial charge < -0.3 is 4.90 Å². The Morgan fingerprint density at radius 3 is 2.95 bits per heavy atom. The van der Waals surface area contributed by atoms with E-state index in [1.807, 2.05) is 37.7 Å². The monoisotopic (exact) mass is 315 g/mol. The molecule has 0 unspecified atom stereocenters. The third-order valence-corrected chi connectivity index (χ3v) is 4.36. The predicted molar refractivity (Wildman–Crippen MR) is 85.6 cm³/mol. The molecule has 3 heterocycles. The predicted octanol–water partition coefficient (Wildman–Crippen LogP) is 2.45. The minimum atomic E-state index is -0.109. The maximum atomic E-state index is 12.5. The topological polar surface area (TPSA) is 66.8 Å². The Morgan fingerprint density at radius 1 is 1.50 bits per heavy atom. The van der Waals surface area contributed by atoms with E-state index in [0.717, 1.165) is 21.8 Å². The Balaban J connectivity index is 1.74. The highest BCUT2D eigenvalue weighted by Gasteiger charge is 2.17. The molecule has 0 bridgehead atoms. The van der Waals surface area contributed by atoms with Crippen LogP contribution >= 0.6 is 11.3 Å². The van der Waals surface area contributed by atoms with E-state index in [2.05, 4.69) is 15.3 Å². The summed E-state index contributed by atoms with van der Waals surface area (Å²) in [5.41, 5.74) is 3.26. The largest absolute Gasteiger partial charge is 0.336 e. The molecule has 22 heavy (non-hydrogen) atoms. The molecule has 3 aromatic rings.